The van der Waals surface area contributed by atoms with E-state index in [-0.39, 0.29) is 28.1 Å². The number of aromatic nitrogens is 3. The lowest BCUT2D eigenvalue weighted by Gasteiger charge is -2.10. The summed E-state index contributed by atoms with van der Waals surface area (Å²) < 4.78 is 7.28. The number of nitro groups is 1. The molecule has 156 valence electrons. The van der Waals surface area contributed by atoms with Crippen LogP contribution in [0.3, 0.4) is 0 Å². The zero-order valence-electron chi connectivity index (χ0n) is 16.2. The molecule has 1 N–H and O–H groups in total. The van der Waals surface area contributed by atoms with Crippen LogP contribution in [0, 0.1) is 10.1 Å². The van der Waals surface area contributed by atoms with Gasteiger partial charge in [-0.2, -0.15) is 0 Å². The number of nitro benzene ring substituents is 1. The van der Waals surface area contributed by atoms with Gasteiger partial charge in [0.25, 0.3) is 5.69 Å². The lowest BCUT2D eigenvalue weighted by atomic mass is 10.2. The molecule has 30 heavy (non-hydrogen) atoms. The first-order valence-electron chi connectivity index (χ1n) is 8.87. The molecule has 1 aromatic heterocycles. The van der Waals surface area contributed by atoms with E-state index in [4.69, 9.17) is 16.3 Å². The van der Waals surface area contributed by atoms with Crippen molar-refractivity contribution in [3.05, 3.63) is 57.6 Å². The Morgan fingerprint density at radius 2 is 2.07 bits per heavy atom. The van der Waals surface area contributed by atoms with E-state index in [0.717, 1.165) is 5.56 Å². The number of halogens is 1. The van der Waals surface area contributed by atoms with Crippen molar-refractivity contribution in [3.8, 4) is 17.1 Å². The Hall–Kier alpha value is -3.11. The number of para-hydroxylation sites is 1. The molecule has 2 aromatic carbocycles. The summed E-state index contributed by atoms with van der Waals surface area (Å²) in [5, 5.41) is 22.8. The molecule has 0 unspecified atom stereocenters. The third kappa shape index (κ3) is 4.71. The number of carbonyl (C=O) groups is 1. The number of hydrogen-bond donors (Lipinski definition) is 1. The molecule has 0 atom stereocenters. The Morgan fingerprint density at radius 3 is 2.77 bits per heavy atom. The molecule has 0 radical (unpaired) electrons. The van der Waals surface area contributed by atoms with E-state index in [2.05, 4.69) is 15.5 Å². The van der Waals surface area contributed by atoms with Crippen LogP contribution in [0.15, 0.2) is 47.6 Å². The van der Waals surface area contributed by atoms with Crippen LogP contribution in [0.2, 0.25) is 5.02 Å². The third-order valence-electron chi connectivity index (χ3n) is 4.15. The minimum absolute atomic E-state index is 0.0308. The van der Waals surface area contributed by atoms with Crippen LogP contribution in [0.25, 0.3) is 11.4 Å². The number of thioether (sulfide) groups is 1. The van der Waals surface area contributed by atoms with Crippen LogP contribution >= 0.6 is 23.4 Å². The lowest BCUT2D eigenvalue weighted by molar-refractivity contribution is -0.384. The van der Waals surface area contributed by atoms with Crippen LogP contribution in [-0.4, -0.2) is 38.5 Å². The zero-order chi connectivity index (χ0) is 21.7. The summed E-state index contributed by atoms with van der Waals surface area (Å²) in [6, 6.07) is 11.3. The predicted molar refractivity (Wildman–Crippen MR) is 115 cm³/mol. The fourth-order valence-corrected chi connectivity index (χ4v) is 3.72. The molecular formula is C19H18ClN5O4S. The quantitative estimate of drug-likeness (QED) is 0.311. The van der Waals surface area contributed by atoms with Gasteiger partial charge in [-0.1, -0.05) is 35.5 Å². The van der Waals surface area contributed by atoms with Crippen LogP contribution in [0.5, 0.6) is 5.75 Å². The Bertz CT molecular complexity index is 1090. The summed E-state index contributed by atoms with van der Waals surface area (Å²) in [5.41, 5.74) is 0.826. The second kappa shape index (κ2) is 9.59. The van der Waals surface area contributed by atoms with E-state index < -0.39 is 4.92 Å². The smallest absolute Gasteiger partial charge is 0.271 e. The summed E-state index contributed by atoms with van der Waals surface area (Å²) in [4.78, 5) is 22.7. The van der Waals surface area contributed by atoms with E-state index in [0.29, 0.717) is 23.3 Å². The average molecular weight is 448 g/mol. The summed E-state index contributed by atoms with van der Waals surface area (Å²) in [5.74, 6) is 0.976. The van der Waals surface area contributed by atoms with Gasteiger partial charge in [-0.15, -0.1) is 10.2 Å². The van der Waals surface area contributed by atoms with Crippen molar-refractivity contribution in [1.29, 1.82) is 0 Å². The highest BCUT2D eigenvalue weighted by molar-refractivity contribution is 7.99. The first-order chi connectivity index (χ1) is 14.4. The van der Waals surface area contributed by atoms with Crippen molar-refractivity contribution in [1.82, 2.24) is 14.8 Å². The molecular weight excluding hydrogens is 430 g/mol. The topological polar surface area (TPSA) is 112 Å². The summed E-state index contributed by atoms with van der Waals surface area (Å²) in [7, 11) is 1.59. The van der Waals surface area contributed by atoms with Gasteiger partial charge >= 0.3 is 0 Å². The Morgan fingerprint density at radius 1 is 1.30 bits per heavy atom. The normalized spacial score (nSPS) is 10.6. The molecule has 0 bridgehead atoms. The fourth-order valence-electron chi connectivity index (χ4n) is 2.75. The highest BCUT2D eigenvalue weighted by Crippen LogP contribution is 2.31. The van der Waals surface area contributed by atoms with Gasteiger partial charge < -0.3 is 14.6 Å². The number of rotatable bonds is 8. The Labute approximate surface area is 181 Å². The van der Waals surface area contributed by atoms with Gasteiger partial charge in [-0.25, -0.2) is 0 Å². The zero-order valence-corrected chi connectivity index (χ0v) is 17.7. The molecule has 3 aromatic rings. The van der Waals surface area contributed by atoms with Crippen molar-refractivity contribution in [3.63, 3.8) is 0 Å². The van der Waals surface area contributed by atoms with Crippen LogP contribution in [0.4, 0.5) is 11.4 Å². The van der Waals surface area contributed by atoms with Crippen molar-refractivity contribution in [2.24, 2.45) is 0 Å². The number of carbonyl (C=O) groups excluding carboxylic acids is 1. The Kier molecular flexibility index (Phi) is 6.91. The largest absolute Gasteiger partial charge is 0.496 e. The summed E-state index contributed by atoms with van der Waals surface area (Å²) in [6.45, 7) is 2.55. The minimum Gasteiger partial charge on any atom is -0.496 e. The third-order valence-corrected chi connectivity index (χ3v) is 5.44. The molecule has 0 aliphatic rings. The second-order valence-corrected chi connectivity index (χ2v) is 7.36. The lowest BCUT2D eigenvalue weighted by Crippen LogP contribution is -2.15. The SMILES string of the molecule is CCn1c(SCC(=O)Nc2cc([N+](=O)[O-])ccc2Cl)nnc1-c1ccccc1OC. The van der Waals surface area contributed by atoms with E-state index >= 15 is 0 Å². The van der Waals surface area contributed by atoms with E-state index in [1.54, 1.807) is 7.11 Å². The maximum atomic E-state index is 12.4. The number of hydrogen-bond acceptors (Lipinski definition) is 7. The van der Waals surface area contributed by atoms with Gasteiger partial charge in [0.15, 0.2) is 11.0 Å². The van der Waals surface area contributed by atoms with Crippen molar-refractivity contribution in [2.75, 3.05) is 18.2 Å². The maximum absolute atomic E-state index is 12.4. The summed E-state index contributed by atoms with van der Waals surface area (Å²) in [6.07, 6.45) is 0. The van der Waals surface area contributed by atoms with E-state index in [1.807, 2.05) is 35.8 Å². The molecule has 0 saturated heterocycles. The van der Waals surface area contributed by atoms with Crippen molar-refractivity contribution < 1.29 is 14.5 Å². The number of anilines is 1. The van der Waals surface area contributed by atoms with Crippen LogP contribution in [-0.2, 0) is 11.3 Å². The van der Waals surface area contributed by atoms with Gasteiger partial charge in [0.1, 0.15) is 5.75 Å². The van der Waals surface area contributed by atoms with Gasteiger partial charge in [-0.05, 0) is 25.1 Å². The molecule has 0 spiro atoms. The standard InChI is InChI=1S/C19H18ClN5O4S/c1-3-24-18(13-6-4-5-7-16(13)29-2)22-23-19(24)30-11-17(26)21-15-10-12(25(27)28)8-9-14(15)20/h4-10H,3,11H2,1-2H3,(H,21,26). The summed E-state index contributed by atoms with van der Waals surface area (Å²) >= 11 is 7.23. The molecule has 1 heterocycles. The minimum atomic E-state index is -0.552. The van der Waals surface area contributed by atoms with Gasteiger partial charge in [0.2, 0.25) is 5.91 Å². The van der Waals surface area contributed by atoms with Gasteiger partial charge in [-0.3, -0.25) is 14.9 Å². The molecule has 0 saturated carbocycles. The maximum Gasteiger partial charge on any atom is 0.271 e. The van der Waals surface area contributed by atoms with E-state index in [1.165, 1.54) is 30.0 Å². The van der Waals surface area contributed by atoms with Crippen LogP contribution in [0.1, 0.15) is 6.92 Å². The molecule has 1 amide bonds. The molecule has 0 fully saturated rings. The fraction of sp³-hybridized carbons (Fsp3) is 0.211. The predicted octanol–water partition coefficient (Wildman–Crippen LogP) is 4.27. The first kappa shape index (κ1) is 21.6. The number of non-ortho nitro benzene ring substituents is 1. The average Bonchev–Trinajstić information content (AvgIpc) is 3.16. The molecule has 0 aliphatic carbocycles. The van der Waals surface area contributed by atoms with Crippen molar-refractivity contribution in [2.45, 2.75) is 18.6 Å². The van der Waals surface area contributed by atoms with Crippen molar-refractivity contribution >= 4 is 40.6 Å². The van der Waals surface area contributed by atoms with Gasteiger partial charge in [0, 0.05) is 18.7 Å². The number of benzene rings is 2. The van der Waals surface area contributed by atoms with Gasteiger partial charge in [0.05, 0.1) is 34.1 Å². The van der Waals surface area contributed by atoms with Crippen LogP contribution < -0.4 is 10.1 Å². The highest BCUT2D eigenvalue weighted by atomic mass is 35.5. The number of nitrogens with zero attached hydrogens (tertiary/aromatic N) is 4. The number of methoxy groups -OCH3 is 1. The molecule has 0 aliphatic heterocycles. The first-order valence-corrected chi connectivity index (χ1v) is 10.2. The highest BCUT2D eigenvalue weighted by Gasteiger charge is 2.18. The second-order valence-electron chi connectivity index (χ2n) is 6.01. The number of amides is 1. The monoisotopic (exact) mass is 447 g/mol. The Balaban J connectivity index is 1.74. The number of nitrogens with one attached hydrogen (secondary N) is 1. The number of ether oxygens (including phenoxy) is 1. The van der Waals surface area contributed by atoms with E-state index in [9.17, 15) is 14.9 Å². The molecule has 3 rings (SSSR count). The molecule has 9 nitrogen and oxygen atoms in total. The molecule has 11 heteroatoms.